The summed E-state index contributed by atoms with van der Waals surface area (Å²) < 4.78 is 14.4. The Balaban J connectivity index is 1.75. The first-order chi connectivity index (χ1) is 11.1. The van der Waals surface area contributed by atoms with E-state index >= 15 is 0 Å². The molecule has 3 rings (SSSR count). The van der Waals surface area contributed by atoms with Gasteiger partial charge in [-0.2, -0.15) is 0 Å². The Labute approximate surface area is 133 Å². The van der Waals surface area contributed by atoms with E-state index in [2.05, 4.69) is 10.3 Å². The fraction of sp³-hybridized carbons (Fsp3) is 0.500. The van der Waals surface area contributed by atoms with Crippen LogP contribution in [-0.4, -0.2) is 36.2 Å². The summed E-state index contributed by atoms with van der Waals surface area (Å²) in [5.74, 6) is -1.42. The summed E-state index contributed by atoms with van der Waals surface area (Å²) in [6, 6.07) is 1.33. The summed E-state index contributed by atoms with van der Waals surface area (Å²) in [7, 11) is 0. The van der Waals surface area contributed by atoms with Crippen molar-refractivity contribution < 1.29 is 18.8 Å². The minimum Gasteiger partial charge on any atom is -0.354 e. The lowest BCUT2D eigenvalue weighted by molar-refractivity contribution is -0.134. The summed E-state index contributed by atoms with van der Waals surface area (Å²) in [6.07, 6.45) is 4.46. The number of amides is 2. The van der Waals surface area contributed by atoms with Crippen LogP contribution >= 0.6 is 0 Å². The minimum absolute atomic E-state index is 0.0389. The van der Waals surface area contributed by atoms with Crippen molar-refractivity contribution in [2.45, 2.75) is 31.6 Å². The molecule has 0 bridgehead atoms. The number of carbonyl (C=O) groups is 3. The van der Waals surface area contributed by atoms with E-state index in [0.29, 0.717) is 37.9 Å². The Bertz CT molecular complexity index is 641. The zero-order valence-corrected chi connectivity index (χ0v) is 12.6. The molecule has 2 saturated heterocycles. The number of carbonyl (C=O) groups excluding carboxylic acids is 3. The lowest BCUT2D eigenvalue weighted by Crippen LogP contribution is -2.39. The number of anilines is 1. The predicted molar refractivity (Wildman–Crippen MR) is 80.3 cm³/mol. The molecule has 0 unspecified atom stereocenters. The number of nitrogens with zero attached hydrogens (tertiary/aromatic N) is 2. The number of hydrogen-bond donors (Lipinski definition) is 1. The van der Waals surface area contributed by atoms with Gasteiger partial charge in [0.15, 0.2) is 11.6 Å². The fourth-order valence-electron chi connectivity index (χ4n) is 3.13. The molecule has 1 aromatic heterocycles. The molecule has 0 radical (unpaired) electrons. The van der Waals surface area contributed by atoms with Crippen molar-refractivity contribution in [2.75, 3.05) is 18.0 Å². The van der Waals surface area contributed by atoms with Crippen molar-refractivity contribution in [1.29, 1.82) is 0 Å². The van der Waals surface area contributed by atoms with E-state index in [1.54, 1.807) is 0 Å². The highest BCUT2D eigenvalue weighted by atomic mass is 19.1. The van der Waals surface area contributed by atoms with Gasteiger partial charge in [-0.15, -0.1) is 0 Å². The van der Waals surface area contributed by atoms with Crippen LogP contribution in [0.1, 0.15) is 37.2 Å². The highest BCUT2D eigenvalue weighted by molar-refractivity contribution is 6.00. The molecule has 2 amide bonds. The van der Waals surface area contributed by atoms with Crippen molar-refractivity contribution in [3.05, 3.63) is 23.6 Å². The van der Waals surface area contributed by atoms with E-state index in [4.69, 9.17) is 0 Å². The average molecular weight is 319 g/mol. The van der Waals surface area contributed by atoms with Gasteiger partial charge in [-0.25, -0.2) is 9.37 Å². The van der Waals surface area contributed by atoms with Gasteiger partial charge < -0.3 is 9.69 Å². The lowest BCUT2D eigenvalue weighted by atomic mass is 9.91. The van der Waals surface area contributed by atoms with Gasteiger partial charge in [0.25, 0.3) is 0 Å². The second-order valence-electron chi connectivity index (χ2n) is 6.04. The second kappa shape index (κ2) is 6.44. The molecule has 0 spiro atoms. The van der Waals surface area contributed by atoms with Crippen LogP contribution in [0.2, 0.25) is 0 Å². The van der Waals surface area contributed by atoms with E-state index in [0.717, 1.165) is 6.29 Å². The van der Waals surface area contributed by atoms with Gasteiger partial charge in [0.1, 0.15) is 6.29 Å². The van der Waals surface area contributed by atoms with Crippen LogP contribution in [0, 0.1) is 11.7 Å². The molecule has 1 N–H and O–H groups in total. The molecule has 0 aromatic carbocycles. The highest BCUT2D eigenvalue weighted by Gasteiger charge is 2.29. The number of aldehydes is 1. The molecule has 1 atom stereocenters. The molecule has 2 fully saturated rings. The van der Waals surface area contributed by atoms with E-state index in [1.807, 2.05) is 4.90 Å². The van der Waals surface area contributed by atoms with Crippen LogP contribution in [0.4, 0.5) is 10.2 Å². The molecule has 0 aliphatic carbocycles. The smallest absolute Gasteiger partial charge is 0.234 e. The summed E-state index contributed by atoms with van der Waals surface area (Å²) in [6.45, 7) is 1.18. The molecule has 23 heavy (non-hydrogen) atoms. The first-order valence-corrected chi connectivity index (χ1v) is 7.78. The number of pyridine rings is 1. The maximum Gasteiger partial charge on any atom is 0.234 e. The molecule has 0 saturated carbocycles. The van der Waals surface area contributed by atoms with Crippen molar-refractivity contribution >= 4 is 23.9 Å². The second-order valence-corrected chi connectivity index (χ2v) is 6.04. The van der Waals surface area contributed by atoms with Gasteiger partial charge in [-0.1, -0.05) is 0 Å². The summed E-state index contributed by atoms with van der Waals surface area (Å²) in [5, 5.41) is 2.27. The third-order valence-corrected chi connectivity index (χ3v) is 4.52. The van der Waals surface area contributed by atoms with Crippen molar-refractivity contribution in [3.8, 4) is 0 Å². The van der Waals surface area contributed by atoms with Gasteiger partial charge in [0.05, 0.1) is 5.92 Å². The summed E-state index contributed by atoms with van der Waals surface area (Å²) in [5.41, 5.74) is 0.485. The van der Waals surface area contributed by atoms with E-state index in [1.165, 1.54) is 12.3 Å². The third-order valence-electron chi connectivity index (χ3n) is 4.52. The van der Waals surface area contributed by atoms with E-state index in [-0.39, 0.29) is 24.1 Å². The molecule has 1 aromatic rings. The first-order valence-electron chi connectivity index (χ1n) is 7.78. The number of nitrogens with one attached hydrogen (secondary N) is 1. The van der Waals surface area contributed by atoms with Crippen LogP contribution in [0.5, 0.6) is 0 Å². The maximum atomic E-state index is 14.4. The van der Waals surface area contributed by atoms with Crippen LogP contribution in [0.25, 0.3) is 0 Å². The standard InChI is InChI=1S/C16H18FN3O3/c17-13-7-11(12-1-2-14(22)19-16(12)23)8-18-15(13)20-5-3-10(9-21)4-6-20/h7-10,12H,1-6H2,(H,19,22,23)/t12-/m1/s1. The minimum atomic E-state index is -0.537. The summed E-state index contributed by atoms with van der Waals surface area (Å²) in [4.78, 5) is 39.8. The third kappa shape index (κ3) is 3.23. The van der Waals surface area contributed by atoms with Crippen LogP contribution < -0.4 is 10.2 Å². The number of imide groups is 1. The molecule has 2 aliphatic rings. The zero-order valence-electron chi connectivity index (χ0n) is 12.6. The van der Waals surface area contributed by atoms with E-state index in [9.17, 15) is 18.8 Å². The number of hydrogen-bond acceptors (Lipinski definition) is 5. The Morgan fingerprint density at radius 2 is 2.00 bits per heavy atom. The molecule has 7 heteroatoms. The molecule has 6 nitrogen and oxygen atoms in total. The molecule has 122 valence electrons. The average Bonchev–Trinajstić information content (AvgIpc) is 2.55. The largest absolute Gasteiger partial charge is 0.354 e. The lowest BCUT2D eigenvalue weighted by Gasteiger charge is -2.31. The Morgan fingerprint density at radius 3 is 2.61 bits per heavy atom. The first kappa shape index (κ1) is 15.6. The number of halogens is 1. The van der Waals surface area contributed by atoms with Crippen LogP contribution in [0.3, 0.4) is 0 Å². The predicted octanol–water partition coefficient (Wildman–Crippen LogP) is 1.16. The molecular formula is C16H18FN3O3. The molecular weight excluding hydrogens is 301 g/mol. The van der Waals surface area contributed by atoms with E-state index < -0.39 is 17.6 Å². The van der Waals surface area contributed by atoms with Crippen molar-refractivity contribution in [2.24, 2.45) is 5.92 Å². The molecule has 3 heterocycles. The zero-order chi connectivity index (χ0) is 16.4. The Hall–Kier alpha value is -2.31. The SMILES string of the molecule is O=CC1CCN(c2ncc([C@H]3CCC(=O)NC3=O)cc2F)CC1. The van der Waals surface area contributed by atoms with Gasteiger partial charge >= 0.3 is 0 Å². The highest BCUT2D eigenvalue weighted by Crippen LogP contribution is 2.28. The fourth-order valence-corrected chi connectivity index (χ4v) is 3.13. The van der Waals surface area contributed by atoms with Gasteiger partial charge in [-0.3, -0.25) is 14.9 Å². The topological polar surface area (TPSA) is 79.4 Å². The summed E-state index contributed by atoms with van der Waals surface area (Å²) >= 11 is 0. The monoisotopic (exact) mass is 319 g/mol. The van der Waals surface area contributed by atoms with Crippen molar-refractivity contribution in [1.82, 2.24) is 10.3 Å². The van der Waals surface area contributed by atoms with Gasteiger partial charge in [0, 0.05) is 31.6 Å². The van der Waals surface area contributed by atoms with Gasteiger partial charge in [-0.05, 0) is 30.9 Å². The number of rotatable bonds is 3. The number of piperidine rings is 2. The molecule has 2 aliphatic heterocycles. The number of aromatic nitrogens is 1. The quantitative estimate of drug-likeness (QED) is 0.668. The Morgan fingerprint density at radius 1 is 1.26 bits per heavy atom. The normalized spacial score (nSPS) is 22.8. The van der Waals surface area contributed by atoms with Gasteiger partial charge in [0.2, 0.25) is 11.8 Å². The van der Waals surface area contributed by atoms with Crippen molar-refractivity contribution in [3.63, 3.8) is 0 Å². The maximum absolute atomic E-state index is 14.4. The Kier molecular flexibility index (Phi) is 4.36. The van der Waals surface area contributed by atoms with Crippen LogP contribution in [-0.2, 0) is 14.4 Å². The van der Waals surface area contributed by atoms with Crippen LogP contribution in [0.15, 0.2) is 12.3 Å².